The summed E-state index contributed by atoms with van der Waals surface area (Å²) in [5.74, 6) is 0.0127. The molecule has 4 rings (SSSR count). The van der Waals surface area contributed by atoms with Gasteiger partial charge in [-0.2, -0.15) is 0 Å². The number of aromatic nitrogens is 1. The Morgan fingerprint density at radius 2 is 1.87 bits per heavy atom. The van der Waals surface area contributed by atoms with Crippen molar-refractivity contribution in [1.29, 1.82) is 0 Å². The molecule has 0 bridgehead atoms. The SMILES string of the molecule is CC(C)(C)OC(=O)N1Cc2noc(NS(=O)(=O)c3cccc4c(I)cccc34)c2C1. The van der Waals surface area contributed by atoms with Crippen LogP contribution in [0.25, 0.3) is 10.8 Å². The Labute approximate surface area is 187 Å². The van der Waals surface area contributed by atoms with Gasteiger partial charge in [0.1, 0.15) is 11.3 Å². The van der Waals surface area contributed by atoms with Gasteiger partial charge in [0, 0.05) is 8.96 Å². The van der Waals surface area contributed by atoms with E-state index in [9.17, 15) is 13.2 Å². The van der Waals surface area contributed by atoms with Crippen molar-refractivity contribution in [1.82, 2.24) is 10.1 Å². The van der Waals surface area contributed by atoms with Gasteiger partial charge in [0.05, 0.1) is 23.5 Å². The third kappa shape index (κ3) is 3.97. The Hall–Kier alpha value is -2.34. The van der Waals surface area contributed by atoms with Crippen LogP contribution in [0.2, 0.25) is 0 Å². The van der Waals surface area contributed by atoms with Gasteiger partial charge in [0.2, 0.25) is 5.88 Å². The van der Waals surface area contributed by atoms with Gasteiger partial charge in [-0.15, -0.1) is 0 Å². The molecular weight excluding hydrogens is 521 g/mol. The Morgan fingerprint density at radius 3 is 2.60 bits per heavy atom. The van der Waals surface area contributed by atoms with E-state index in [1.807, 2.05) is 18.2 Å². The highest BCUT2D eigenvalue weighted by Crippen LogP contribution is 2.33. The number of amides is 1. The number of benzene rings is 2. The maximum atomic E-state index is 13.1. The monoisotopic (exact) mass is 541 g/mol. The summed E-state index contributed by atoms with van der Waals surface area (Å²) in [5.41, 5.74) is 0.405. The van der Waals surface area contributed by atoms with E-state index in [4.69, 9.17) is 9.26 Å². The summed E-state index contributed by atoms with van der Waals surface area (Å²) >= 11 is 2.17. The fraction of sp³-hybridized carbons (Fsp3) is 0.300. The minimum atomic E-state index is -3.94. The first-order valence-corrected chi connectivity index (χ1v) is 11.8. The first kappa shape index (κ1) is 20.9. The van der Waals surface area contributed by atoms with Crippen molar-refractivity contribution in [2.24, 2.45) is 0 Å². The quantitative estimate of drug-likeness (QED) is 0.491. The molecule has 0 saturated heterocycles. The maximum absolute atomic E-state index is 13.1. The van der Waals surface area contributed by atoms with Gasteiger partial charge < -0.3 is 9.26 Å². The summed E-state index contributed by atoms with van der Waals surface area (Å²) < 4.78 is 40.3. The van der Waals surface area contributed by atoms with Crippen molar-refractivity contribution in [2.45, 2.75) is 44.4 Å². The average molecular weight is 541 g/mol. The summed E-state index contributed by atoms with van der Waals surface area (Å²) in [6.45, 7) is 5.70. The molecule has 8 nitrogen and oxygen atoms in total. The fourth-order valence-corrected chi connectivity index (χ4v) is 5.16. The largest absolute Gasteiger partial charge is 0.444 e. The molecule has 158 valence electrons. The van der Waals surface area contributed by atoms with Crippen LogP contribution in [-0.4, -0.2) is 30.2 Å². The fourth-order valence-electron chi connectivity index (χ4n) is 3.25. The summed E-state index contributed by atoms with van der Waals surface area (Å²) in [6.07, 6.45) is -0.488. The molecule has 10 heteroatoms. The van der Waals surface area contributed by atoms with Crippen molar-refractivity contribution in [3.8, 4) is 0 Å². The lowest BCUT2D eigenvalue weighted by Gasteiger charge is -2.24. The lowest BCUT2D eigenvalue weighted by atomic mass is 10.1. The Balaban J connectivity index is 1.61. The summed E-state index contributed by atoms with van der Waals surface area (Å²) in [7, 11) is -3.94. The molecule has 2 aromatic carbocycles. The standard InChI is InChI=1S/C20H20IN3O5S/c1-20(2,3)28-19(25)24-10-14-16(11-24)22-29-18(14)23-30(26,27)17-9-5-6-12-13(17)7-4-8-15(12)21/h4-9,23H,10-11H2,1-3H3. The molecule has 1 amide bonds. The average Bonchev–Trinajstić information content (AvgIpc) is 3.22. The maximum Gasteiger partial charge on any atom is 0.410 e. The number of carbonyl (C=O) groups excluding carboxylic acids is 1. The van der Waals surface area contributed by atoms with Crippen molar-refractivity contribution >= 4 is 55.4 Å². The minimum absolute atomic E-state index is 0.0127. The van der Waals surface area contributed by atoms with Gasteiger partial charge in [-0.25, -0.2) is 17.9 Å². The molecule has 0 spiro atoms. The van der Waals surface area contributed by atoms with E-state index in [0.29, 0.717) is 16.6 Å². The van der Waals surface area contributed by atoms with Gasteiger partial charge in [0.25, 0.3) is 10.0 Å². The molecule has 0 aliphatic carbocycles. The van der Waals surface area contributed by atoms with Crippen LogP contribution in [0.3, 0.4) is 0 Å². The number of hydrogen-bond donors (Lipinski definition) is 1. The third-order valence-electron chi connectivity index (χ3n) is 4.56. The molecule has 0 radical (unpaired) electrons. The third-order valence-corrected chi connectivity index (χ3v) is 6.89. The number of nitrogens with zero attached hydrogens (tertiary/aromatic N) is 2. The molecule has 0 atom stereocenters. The van der Waals surface area contributed by atoms with Crippen molar-refractivity contribution in [3.63, 3.8) is 0 Å². The molecule has 1 N–H and O–H groups in total. The molecule has 3 aromatic rings. The second-order valence-electron chi connectivity index (χ2n) is 7.97. The smallest absolute Gasteiger partial charge is 0.410 e. The van der Waals surface area contributed by atoms with Gasteiger partial charge in [-0.05, 0) is 60.9 Å². The number of anilines is 1. The molecule has 1 aromatic heterocycles. The van der Waals surface area contributed by atoms with Crippen LogP contribution < -0.4 is 4.72 Å². The molecule has 1 aliphatic heterocycles. The summed E-state index contributed by atoms with van der Waals surface area (Å²) in [5, 5.41) is 5.39. The van der Waals surface area contributed by atoms with Crippen LogP contribution in [0, 0.1) is 3.57 Å². The molecule has 2 heterocycles. The Kier molecular flexibility index (Phi) is 5.17. The number of sulfonamides is 1. The predicted octanol–water partition coefficient (Wildman–Crippen LogP) is 4.48. The highest BCUT2D eigenvalue weighted by atomic mass is 127. The van der Waals surface area contributed by atoms with E-state index in [2.05, 4.69) is 32.5 Å². The number of nitrogens with one attached hydrogen (secondary N) is 1. The molecule has 0 unspecified atom stereocenters. The van der Waals surface area contributed by atoms with Crippen molar-refractivity contribution in [3.05, 3.63) is 51.2 Å². The normalized spacial score (nSPS) is 14.1. The van der Waals surface area contributed by atoms with Crippen LogP contribution in [0.4, 0.5) is 10.7 Å². The predicted molar refractivity (Wildman–Crippen MR) is 119 cm³/mol. The van der Waals surface area contributed by atoms with E-state index in [1.165, 1.54) is 4.90 Å². The first-order valence-electron chi connectivity index (χ1n) is 9.20. The highest BCUT2D eigenvalue weighted by Gasteiger charge is 2.34. The first-order chi connectivity index (χ1) is 14.0. The summed E-state index contributed by atoms with van der Waals surface area (Å²) in [4.78, 5) is 13.9. The van der Waals surface area contributed by atoms with Crippen LogP contribution in [0.5, 0.6) is 0 Å². The zero-order valence-corrected chi connectivity index (χ0v) is 19.6. The van der Waals surface area contributed by atoms with Gasteiger partial charge in [-0.3, -0.25) is 4.90 Å². The van der Waals surface area contributed by atoms with Gasteiger partial charge in [-0.1, -0.05) is 29.4 Å². The number of ether oxygens (including phenoxy) is 1. The number of halogens is 1. The zero-order valence-electron chi connectivity index (χ0n) is 16.6. The molecule has 0 saturated carbocycles. The van der Waals surface area contributed by atoms with E-state index in [0.717, 1.165) is 8.96 Å². The van der Waals surface area contributed by atoms with E-state index >= 15 is 0 Å². The lowest BCUT2D eigenvalue weighted by Crippen LogP contribution is -2.33. The minimum Gasteiger partial charge on any atom is -0.444 e. The number of fused-ring (bicyclic) bond motifs is 2. The molecule has 30 heavy (non-hydrogen) atoms. The lowest BCUT2D eigenvalue weighted by molar-refractivity contribution is 0.0237. The van der Waals surface area contributed by atoms with Crippen LogP contribution >= 0.6 is 22.6 Å². The van der Waals surface area contributed by atoms with E-state index in [1.54, 1.807) is 39.0 Å². The second kappa shape index (κ2) is 7.41. The molecular formula is C20H20IN3O5S. The van der Waals surface area contributed by atoms with E-state index < -0.39 is 21.7 Å². The number of rotatable bonds is 3. The Bertz CT molecular complexity index is 1250. The zero-order chi connectivity index (χ0) is 21.7. The van der Waals surface area contributed by atoms with Gasteiger partial charge >= 0.3 is 6.09 Å². The number of carbonyl (C=O) groups is 1. The van der Waals surface area contributed by atoms with Crippen molar-refractivity contribution in [2.75, 3.05) is 4.72 Å². The summed E-state index contributed by atoms with van der Waals surface area (Å²) in [6, 6.07) is 10.6. The topological polar surface area (TPSA) is 102 Å². The van der Waals surface area contributed by atoms with Crippen LogP contribution in [0.1, 0.15) is 32.0 Å². The van der Waals surface area contributed by atoms with Crippen molar-refractivity contribution < 1.29 is 22.5 Å². The van der Waals surface area contributed by atoms with Crippen LogP contribution in [-0.2, 0) is 27.8 Å². The second-order valence-corrected chi connectivity index (χ2v) is 10.8. The number of hydrogen-bond acceptors (Lipinski definition) is 6. The Morgan fingerprint density at radius 1 is 1.17 bits per heavy atom. The van der Waals surface area contributed by atoms with E-state index in [-0.39, 0.29) is 23.9 Å². The highest BCUT2D eigenvalue weighted by molar-refractivity contribution is 14.1. The van der Waals surface area contributed by atoms with Crippen LogP contribution in [0.15, 0.2) is 45.8 Å². The molecule has 1 aliphatic rings. The molecule has 0 fully saturated rings. The van der Waals surface area contributed by atoms with Gasteiger partial charge in [0.15, 0.2) is 0 Å².